The third-order valence-electron chi connectivity index (χ3n) is 2.20. The van der Waals surface area contributed by atoms with Crippen molar-refractivity contribution in [1.82, 2.24) is 10.2 Å². The van der Waals surface area contributed by atoms with E-state index in [2.05, 4.69) is 29.3 Å². The highest BCUT2D eigenvalue weighted by atomic mass is 35.5. The predicted octanol–water partition coefficient (Wildman–Crippen LogP) is 2.22. The van der Waals surface area contributed by atoms with E-state index < -0.39 is 0 Å². The lowest BCUT2D eigenvalue weighted by Crippen LogP contribution is -2.03. The number of H-pyrrole nitrogens is 1. The summed E-state index contributed by atoms with van der Waals surface area (Å²) < 4.78 is 0. The van der Waals surface area contributed by atoms with E-state index >= 15 is 0 Å². The van der Waals surface area contributed by atoms with Gasteiger partial charge in [-0.3, -0.25) is 5.10 Å². The average Bonchev–Trinajstić information content (AvgIpc) is 2.52. The number of aromatic amines is 1. The Kier molecular flexibility index (Phi) is 5.65. The van der Waals surface area contributed by atoms with Crippen LogP contribution in [-0.4, -0.2) is 16.7 Å². The molecular formula is C10H15Cl2N3. The minimum absolute atomic E-state index is 0. The highest BCUT2D eigenvalue weighted by molar-refractivity contribution is 5.85. The van der Waals surface area contributed by atoms with Gasteiger partial charge in [0.2, 0.25) is 0 Å². The Balaban J connectivity index is 0.000000980. The molecule has 3 nitrogen and oxygen atoms in total. The fraction of sp³-hybridized carbons (Fsp3) is 0.300. The second-order valence-corrected chi connectivity index (χ2v) is 3.29. The number of aromatic nitrogens is 2. The minimum Gasteiger partial charge on any atom is -0.330 e. The lowest BCUT2D eigenvalue weighted by molar-refractivity contribution is 0.976. The summed E-state index contributed by atoms with van der Waals surface area (Å²) in [5, 5.41) is 8.18. The summed E-state index contributed by atoms with van der Waals surface area (Å²) >= 11 is 0. The molecule has 0 amide bonds. The Bertz CT molecular complexity index is 426. The van der Waals surface area contributed by atoms with Crippen molar-refractivity contribution in [3.63, 3.8) is 0 Å². The van der Waals surface area contributed by atoms with Crippen LogP contribution in [-0.2, 0) is 6.42 Å². The van der Waals surface area contributed by atoms with Gasteiger partial charge in [0.15, 0.2) is 0 Å². The monoisotopic (exact) mass is 247 g/mol. The molecule has 3 N–H and O–H groups in total. The normalized spacial score (nSPS) is 9.47. The maximum atomic E-state index is 5.54. The van der Waals surface area contributed by atoms with Crippen LogP contribution < -0.4 is 5.73 Å². The Morgan fingerprint density at radius 2 is 2.07 bits per heavy atom. The van der Waals surface area contributed by atoms with Crippen molar-refractivity contribution in [2.75, 3.05) is 6.54 Å². The van der Waals surface area contributed by atoms with E-state index in [1.54, 1.807) is 0 Å². The lowest BCUT2D eigenvalue weighted by atomic mass is 10.0. The topological polar surface area (TPSA) is 54.7 Å². The van der Waals surface area contributed by atoms with Crippen LogP contribution in [0.2, 0.25) is 0 Å². The first-order valence-corrected chi connectivity index (χ1v) is 4.44. The maximum absolute atomic E-state index is 5.54. The van der Waals surface area contributed by atoms with Gasteiger partial charge >= 0.3 is 0 Å². The second-order valence-electron chi connectivity index (χ2n) is 3.29. The molecule has 2 aromatic rings. The molecule has 15 heavy (non-hydrogen) atoms. The molecule has 0 bridgehead atoms. The largest absolute Gasteiger partial charge is 0.330 e. The summed E-state index contributed by atoms with van der Waals surface area (Å²) in [6.07, 6.45) is 2.78. The Hall–Kier alpha value is -0.770. The molecule has 2 rings (SSSR count). The van der Waals surface area contributed by atoms with Crippen LogP contribution in [0.25, 0.3) is 10.9 Å². The van der Waals surface area contributed by atoms with E-state index in [0.717, 1.165) is 11.9 Å². The number of benzene rings is 1. The molecule has 0 aliphatic heterocycles. The molecular weight excluding hydrogens is 233 g/mol. The fourth-order valence-corrected chi connectivity index (χ4v) is 1.65. The van der Waals surface area contributed by atoms with Crippen molar-refractivity contribution in [3.05, 3.63) is 29.5 Å². The van der Waals surface area contributed by atoms with Crippen molar-refractivity contribution in [2.24, 2.45) is 5.73 Å². The standard InChI is InChI=1S/C10H13N3.2ClH/c1-7-4-8(2-3-11)9-6-12-13-10(9)5-7;;/h4-6H,2-3,11H2,1H3,(H,12,13);2*1H. The molecule has 0 aliphatic rings. The minimum atomic E-state index is 0. The quantitative estimate of drug-likeness (QED) is 0.856. The summed E-state index contributed by atoms with van der Waals surface area (Å²) in [5.41, 5.74) is 9.17. The molecule has 0 unspecified atom stereocenters. The van der Waals surface area contributed by atoms with Gasteiger partial charge in [0.1, 0.15) is 0 Å². The number of nitrogens with two attached hydrogens (primary N) is 1. The van der Waals surface area contributed by atoms with E-state index in [-0.39, 0.29) is 24.8 Å². The zero-order valence-corrected chi connectivity index (χ0v) is 10.1. The summed E-state index contributed by atoms with van der Waals surface area (Å²) in [6.45, 7) is 2.77. The molecule has 0 saturated carbocycles. The summed E-state index contributed by atoms with van der Waals surface area (Å²) in [5.74, 6) is 0. The summed E-state index contributed by atoms with van der Waals surface area (Å²) in [6, 6.07) is 4.27. The first-order chi connectivity index (χ1) is 6.31. The van der Waals surface area contributed by atoms with E-state index in [1.807, 2.05) is 6.20 Å². The molecule has 0 atom stereocenters. The maximum Gasteiger partial charge on any atom is 0.0655 e. The molecule has 0 radical (unpaired) electrons. The number of hydrogen-bond donors (Lipinski definition) is 2. The molecule has 1 aromatic carbocycles. The number of hydrogen-bond acceptors (Lipinski definition) is 2. The van der Waals surface area contributed by atoms with Crippen LogP contribution in [0, 0.1) is 6.92 Å². The van der Waals surface area contributed by atoms with Gasteiger partial charge in [-0.2, -0.15) is 5.10 Å². The third kappa shape index (κ3) is 2.84. The van der Waals surface area contributed by atoms with Crippen LogP contribution in [0.4, 0.5) is 0 Å². The van der Waals surface area contributed by atoms with Gasteiger partial charge in [0, 0.05) is 5.39 Å². The zero-order valence-electron chi connectivity index (χ0n) is 8.49. The van der Waals surface area contributed by atoms with Crippen LogP contribution in [0.15, 0.2) is 18.3 Å². The summed E-state index contributed by atoms with van der Waals surface area (Å²) in [4.78, 5) is 0. The molecule has 84 valence electrons. The Morgan fingerprint density at radius 1 is 1.33 bits per heavy atom. The molecule has 1 aromatic heterocycles. The number of fused-ring (bicyclic) bond motifs is 1. The van der Waals surface area contributed by atoms with Gasteiger partial charge in [0.05, 0.1) is 11.7 Å². The van der Waals surface area contributed by atoms with Crippen LogP contribution in [0.5, 0.6) is 0 Å². The van der Waals surface area contributed by atoms with Gasteiger partial charge in [0.25, 0.3) is 0 Å². The van der Waals surface area contributed by atoms with Crippen LogP contribution in [0.1, 0.15) is 11.1 Å². The first kappa shape index (κ1) is 14.2. The summed E-state index contributed by atoms with van der Waals surface area (Å²) in [7, 11) is 0. The lowest BCUT2D eigenvalue weighted by Gasteiger charge is -2.02. The van der Waals surface area contributed by atoms with Crippen molar-refractivity contribution < 1.29 is 0 Å². The van der Waals surface area contributed by atoms with Crippen molar-refractivity contribution in [1.29, 1.82) is 0 Å². The number of halogens is 2. The van der Waals surface area contributed by atoms with E-state index in [4.69, 9.17) is 5.73 Å². The molecule has 1 heterocycles. The number of rotatable bonds is 2. The van der Waals surface area contributed by atoms with Crippen molar-refractivity contribution in [2.45, 2.75) is 13.3 Å². The molecule has 0 saturated heterocycles. The molecule has 0 aliphatic carbocycles. The highest BCUT2D eigenvalue weighted by Crippen LogP contribution is 2.18. The van der Waals surface area contributed by atoms with Crippen LogP contribution in [0.3, 0.4) is 0 Å². The number of nitrogens with one attached hydrogen (secondary N) is 1. The predicted molar refractivity (Wildman–Crippen MR) is 68.1 cm³/mol. The molecule has 0 fully saturated rings. The molecule has 5 heteroatoms. The van der Waals surface area contributed by atoms with Gasteiger partial charge in [-0.05, 0) is 37.1 Å². The van der Waals surface area contributed by atoms with E-state index in [9.17, 15) is 0 Å². The SMILES string of the molecule is Cc1cc(CCN)c2cn[nH]c2c1.Cl.Cl. The van der Waals surface area contributed by atoms with Gasteiger partial charge in [-0.15, -0.1) is 24.8 Å². The first-order valence-electron chi connectivity index (χ1n) is 4.44. The third-order valence-corrected chi connectivity index (χ3v) is 2.20. The van der Waals surface area contributed by atoms with E-state index in [0.29, 0.717) is 6.54 Å². The highest BCUT2D eigenvalue weighted by Gasteiger charge is 2.02. The Morgan fingerprint density at radius 3 is 2.73 bits per heavy atom. The molecule has 0 spiro atoms. The van der Waals surface area contributed by atoms with Crippen molar-refractivity contribution in [3.8, 4) is 0 Å². The van der Waals surface area contributed by atoms with Gasteiger partial charge < -0.3 is 5.73 Å². The van der Waals surface area contributed by atoms with E-state index in [1.165, 1.54) is 16.5 Å². The smallest absolute Gasteiger partial charge is 0.0655 e. The fourth-order valence-electron chi connectivity index (χ4n) is 1.65. The van der Waals surface area contributed by atoms with Gasteiger partial charge in [-0.1, -0.05) is 6.07 Å². The second kappa shape index (κ2) is 5.95. The average molecular weight is 248 g/mol. The Labute approximate surface area is 101 Å². The van der Waals surface area contributed by atoms with Crippen molar-refractivity contribution >= 4 is 35.7 Å². The van der Waals surface area contributed by atoms with Crippen LogP contribution >= 0.6 is 24.8 Å². The number of aryl methyl sites for hydroxylation is 1. The van der Waals surface area contributed by atoms with Gasteiger partial charge in [-0.25, -0.2) is 0 Å². The number of nitrogens with zero attached hydrogens (tertiary/aromatic N) is 1. The zero-order chi connectivity index (χ0) is 9.26.